The van der Waals surface area contributed by atoms with Crippen LogP contribution in [0.3, 0.4) is 0 Å². The van der Waals surface area contributed by atoms with Gasteiger partial charge in [0.2, 0.25) is 5.91 Å². The molecule has 2 unspecified atom stereocenters. The number of nitrogens with one attached hydrogen (secondary N) is 1. The van der Waals surface area contributed by atoms with Crippen molar-refractivity contribution in [2.75, 3.05) is 6.61 Å². The van der Waals surface area contributed by atoms with Crippen molar-refractivity contribution in [3.05, 3.63) is 35.9 Å². The summed E-state index contributed by atoms with van der Waals surface area (Å²) in [6.07, 6.45) is 0.267. The number of amides is 1. The van der Waals surface area contributed by atoms with E-state index in [1.807, 2.05) is 37.3 Å². The van der Waals surface area contributed by atoms with Gasteiger partial charge in [-0.2, -0.15) is 0 Å². The molecule has 0 aliphatic heterocycles. The number of carbonyl (C=O) groups is 1. The largest absolute Gasteiger partial charge is 0.394 e. The smallest absolute Gasteiger partial charge is 0.218 e. The molecule has 1 amide bonds. The van der Waals surface area contributed by atoms with E-state index in [1.54, 1.807) is 0 Å². The molecule has 1 rings (SSSR count). The van der Waals surface area contributed by atoms with Crippen LogP contribution in [0, 0.1) is 0 Å². The first-order valence-corrected chi connectivity index (χ1v) is 5.33. The number of primary amides is 1. The lowest BCUT2D eigenvalue weighted by atomic mass is 10.1. The van der Waals surface area contributed by atoms with Crippen molar-refractivity contribution in [3.63, 3.8) is 0 Å². The molecule has 16 heavy (non-hydrogen) atoms. The number of rotatable bonds is 6. The number of hydrogen-bond acceptors (Lipinski definition) is 3. The van der Waals surface area contributed by atoms with Crippen LogP contribution in [0.5, 0.6) is 0 Å². The Morgan fingerprint density at radius 2 is 2.06 bits per heavy atom. The van der Waals surface area contributed by atoms with Crippen molar-refractivity contribution < 1.29 is 9.90 Å². The molecule has 88 valence electrons. The van der Waals surface area contributed by atoms with E-state index in [0.717, 1.165) is 5.56 Å². The number of hydrogen-bond donors (Lipinski definition) is 3. The Labute approximate surface area is 95.5 Å². The van der Waals surface area contributed by atoms with Crippen LogP contribution in [0.2, 0.25) is 0 Å². The maximum atomic E-state index is 10.7. The van der Waals surface area contributed by atoms with Gasteiger partial charge in [0.1, 0.15) is 0 Å². The molecular formula is C12H18N2O2. The molecule has 4 N–H and O–H groups in total. The summed E-state index contributed by atoms with van der Waals surface area (Å²) in [5.41, 5.74) is 6.11. The van der Waals surface area contributed by atoms with Crippen molar-refractivity contribution in [1.29, 1.82) is 0 Å². The van der Waals surface area contributed by atoms with Gasteiger partial charge in [0.05, 0.1) is 12.6 Å². The first-order chi connectivity index (χ1) is 7.63. The van der Waals surface area contributed by atoms with Crippen LogP contribution in [0.1, 0.15) is 24.9 Å². The van der Waals surface area contributed by atoms with Gasteiger partial charge in [-0.05, 0) is 12.5 Å². The predicted octanol–water partition coefficient (Wildman–Crippen LogP) is 0.573. The van der Waals surface area contributed by atoms with Crippen LogP contribution in [0.25, 0.3) is 0 Å². The number of aliphatic hydroxyl groups excluding tert-OH is 1. The summed E-state index contributed by atoms with van der Waals surface area (Å²) in [7, 11) is 0. The second kappa shape index (κ2) is 6.25. The molecule has 0 saturated heterocycles. The van der Waals surface area contributed by atoms with E-state index in [2.05, 4.69) is 5.32 Å². The van der Waals surface area contributed by atoms with Crippen molar-refractivity contribution in [2.24, 2.45) is 5.73 Å². The average molecular weight is 222 g/mol. The monoisotopic (exact) mass is 222 g/mol. The van der Waals surface area contributed by atoms with Gasteiger partial charge in [0.15, 0.2) is 0 Å². The molecule has 4 heteroatoms. The lowest BCUT2D eigenvalue weighted by Crippen LogP contribution is -2.35. The molecule has 0 heterocycles. The van der Waals surface area contributed by atoms with E-state index < -0.39 is 0 Å². The third kappa shape index (κ3) is 4.00. The Morgan fingerprint density at radius 1 is 1.44 bits per heavy atom. The standard InChI is InChI=1S/C12H18N2O2/c1-9(7-12(13)16)14-11(8-15)10-5-3-2-4-6-10/h2-6,9,11,14-15H,7-8H2,1H3,(H2,13,16). The summed E-state index contributed by atoms with van der Waals surface area (Å²) < 4.78 is 0. The summed E-state index contributed by atoms with van der Waals surface area (Å²) in [4.78, 5) is 10.7. The zero-order chi connectivity index (χ0) is 12.0. The lowest BCUT2D eigenvalue weighted by molar-refractivity contribution is -0.118. The number of benzene rings is 1. The number of nitrogens with two attached hydrogens (primary N) is 1. The molecule has 0 aliphatic carbocycles. The quantitative estimate of drug-likeness (QED) is 0.659. The first kappa shape index (κ1) is 12.7. The second-order valence-electron chi connectivity index (χ2n) is 3.88. The Bertz CT molecular complexity index is 327. The zero-order valence-electron chi connectivity index (χ0n) is 9.39. The van der Waals surface area contributed by atoms with E-state index in [4.69, 9.17) is 5.73 Å². The highest BCUT2D eigenvalue weighted by Crippen LogP contribution is 2.12. The number of carbonyl (C=O) groups excluding carboxylic acids is 1. The van der Waals surface area contributed by atoms with E-state index >= 15 is 0 Å². The van der Waals surface area contributed by atoms with Gasteiger partial charge < -0.3 is 16.2 Å². The van der Waals surface area contributed by atoms with E-state index in [-0.39, 0.29) is 31.0 Å². The first-order valence-electron chi connectivity index (χ1n) is 5.33. The molecule has 0 radical (unpaired) electrons. The minimum absolute atomic E-state index is 0.00683. The predicted molar refractivity (Wildman–Crippen MR) is 62.7 cm³/mol. The Kier molecular flexibility index (Phi) is 4.95. The summed E-state index contributed by atoms with van der Waals surface area (Å²) in [5.74, 6) is -0.343. The fourth-order valence-corrected chi connectivity index (χ4v) is 1.64. The molecule has 0 aliphatic rings. The average Bonchev–Trinajstić information content (AvgIpc) is 2.26. The van der Waals surface area contributed by atoms with Gasteiger partial charge in [-0.1, -0.05) is 30.3 Å². The SMILES string of the molecule is CC(CC(N)=O)NC(CO)c1ccccc1. The molecule has 1 aromatic carbocycles. The Hall–Kier alpha value is -1.39. The van der Waals surface area contributed by atoms with Gasteiger partial charge >= 0.3 is 0 Å². The van der Waals surface area contributed by atoms with Crippen LogP contribution in [0.4, 0.5) is 0 Å². The number of aliphatic hydroxyl groups is 1. The molecule has 4 nitrogen and oxygen atoms in total. The van der Waals surface area contributed by atoms with E-state index in [1.165, 1.54) is 0 Å². The molecule has 0 fully saturated rings. The van der Waals surface area contributed by atoms with Gasteiger partial charge in [-0.15, -0.1) is 0 Å². The highest BCUT2D eigenvalue weighted by atomic mass is 16.3. The molecule has 2 atom stereocenters. The van der Waals surface area contributed by atoms with Crippen LogP contribution < -0.4 is 11.1 Å². The fraction of sp³-hybridized carbons (Fsp3) is 0.417. The fourth-order valence-electron chi connectivity index (χ4n) is 1.64. The third-order valence-electron chi connectivity index (χ3n) is 2.38. The van der Waals surface area contributed by atoms with Gasteiger partial charge in [0, 0.05) is 12.5 Å². The van der Waals surface area contributed by atoms with E-state index in [0.29, 0.717) is 0 Å². The topological polar surface area (TPSA) is 75.4 Å². The molecule has 1 aromatic rings. The maximum absolute atomic E-state index is 10.7. The van der Waals surface area contributed by atoms with E-state index in [9.17, 15) is 9.90 Å². The van der Waals surface area contributed by atoms with Crippen molar-refractivity contribution in [1.82, 2.24) is 5.32 Å². The van der Waals surface area contributed by atoms with Crippen molar-refractivity contribution >= 4 is 5.91 Å². The van der Waals surface area contributed by atoms with Crippen LogP contribution in [0.15, 0.2) is 30.3 Å². The molecule has 0 spiro atoms. The van der Waals surface area contributed by atoms with Crippen molar-refractivity contribution in [2.45, 2.75) is 25.4 Å². The third-order valence-corrected chi connectivity index (χ3v) is 2.38. The summed E-state index contributed by atoms with van der Waals surface area (Å²) >= 11 is 0. The molecule has 0 aromatic heterocycles. The molecule has 0 saturated carbocycles. The summed E-state index contributed by atoms with van der Waals surface area (Å²) in [5, 5.41) is 12.4. The van der Waals surface area contributed by atoms with Gasteiger partial charge in [-0.3, -0.25) is 4.79 Å². The van der Waals surface area contributed by atoms with Crippen LogP contribution >= 0.6 is 0 Å². The van der Waals surface area contributed by atoms with Crippen LogP contribution in [-0.4, -0.2) is 23.7 Å². The minimum Gasteiger partial charge on any atom is -0.394 e. The lowest BCUT2D eigenvalue weighted by Gasteiger charge is -2.21. The zero-order valence-corrected chi connectivity index (χ0v) is 9.39. The molecule has 0 bridgehead atoms. The van der Waals surface area contributed by atoms with Gasteiger partial charge in [-0.25, -0.2) is 0 Å². The second-order valence-corrected chi connectivity index (χ2v) is 3.88. The highest BCUT2D eigenvalue weighted by Gasteiger charge is 2.14. The highest BCUT2D eigenvalue weighted by molar-refractivity contribution is 5.74. The maximum Gasteiger partial charge on any atom is 0.218 e. The minimum atomic E-state index is -0.343. The van der Waals surface area contributed by atoms with Crippen molar-refractivity contribution in [3.8, 4) is 0 Å². The normalized spacial score (nSPS) is 14.4. The Morgan fingerprint density at radius 3 is 2.56 bits per heavy atom. The van der Waals surface area contributed by atoms with Crippen LogP contribution in [-0.2, 0) is 4.79 Å². The van der Waals surface area contributed by atoms with Gasteiger partial charge in [0.25, 0.3) is 0 Å². The summed E-state index contributed by atoms with van der Waals surface area (Å²) in [6.45, 7) is 1.86. The molecular weight excluding hydrogens is 204 g/mol. The Balaban J connectivity index is 2.59. The summed E-state index contributed by atoms with van der Waals surface area (Å²) in [6, 6.07) is 9.42.